The summed E-state index contributed by atoms with van der Waals surface area (Å²) in [6.07, 6.45) is 0. The summed E-state index contributed by atoms with van der Waals surface area (Å²) in [7, 11) is 0. The van der Waals surface area contributed by atoms with Crippen molar-refractivity contribution in [3.05, 3.63) is 69.8 Å². The topological polar surface area (TPSA) is 93.2 Å². The molecule has 0 heterocycles. The highest BCUT2D eigenvalue weighted by molar-refractivity contribution is 8.00. The maximum Gasteiger partial charge on any atom is 0.316 e. The van der Waals surface area contributed by atoms with Crippen LogP contribution >= 0.6 is 11.8 Å². The van der Waals surface area contributed by atoms with E-state index in [0.717, 1.165) is 11.8 Å². The summed E-state index contributed by atoms with van der Waals surface area (Å²) in [5.74, 6) is -0.541. The standard InChI is InChI=1S/C16H12N2O4S/c17-9-12-5-1-2-6-13(12)10-22-16(19)11-23-15-8-4-3-7-14(15)18(20)21/h1-8H,10-11H2. The number of ether oxygens (including phenoxy) is 1. The first-order valence-electron chi connectivity index (χ1n) is 6.61. The van der Waals surface area contributed by atoms with Crippen molar-refractivity contribution in [2.45, 2.75) is 11.5 Å². The van der Waals surface area contributed by atoms with Gasteiger partial charge in [-0.2, -0.15) is 5.26 Å². The molecule has 0 aliphatic carbocycles. The zero-order valence-electron chi connectivity index (χ0n) is 12.0. The van der Waals surface area contributed by atoms with Gasteiger partial charge >= 0.3 is 5.97 Å². The molecule has 2 aromatic rings. The quantitative estimate of drug-likeness (QED) is 0.349. The molecule has 7 heteroatoms. The first-order chi connectivity index (χ1) is 11.1. The number of carbonyl (C=O) groups is 1. The van der Waals surface area contributed by atoms with Gasteiger partial charge in [-0.3, -0.25) is 14.9 Å². The highest BCUT2D eigenvalue weighted by atomic mass is 32.2. The van der Waals surface area contributed by atoms with E-state index < -0.39 is 10.9 Å². The van der Waals surface area contributed by atoms with E-state index in [1.54, 1.807) is 42.5 Å². The third kappa shape index (κ3) is 4.56. The second-order valence-electron chi connectivity index (χ2n) is 4.44. The molecule has 0 saturated heterocycles. The molecule has 23 heavy (non-hydrogen) atoms. The normalized spacial score (nSPS) is 9.87. The van der Waals surface area contributed by atoms with Gasteiger partial charge in [0.15, 0.2) is 0 Å². The van der Waals surface area contributed by atoms with Crippen LogP contribution in [0.2, 0.25) is 0 Å². The number of para-hydroxylation sites is 1. The van der Waals surface area contributed by atoms with Crippen molar-refractivity contribution in [3.8, 4) is 6.07 Å². The van der Waals surface area contributed by atoms with Crippen LogP contribution in [0.5, 0.6) is 0 Å². The summed E-state index contributed by atoms with van der Waals surface area (Å²) in [5.41, 5.74) is 1.03. The molecule has 0 radical (unpaired) electrons. The highest BCUT2D eigenvalue weighted by Gasteiger charge is 2.15. The van der Waals surface area contributed by atoms with Crippen molar-refractivity contribution in [2.75, 3.05) is 5.75 Å². The number of hydrogen-bond acceptors (Lipinski definition) is 6. The highest BCUT2D eigenvalue weighted by Crippen LogP contribution is 2.28. The molecule has 116 valence electrons. The summed E-state index contributed by atoms with van der Waals surface area (Å²) < 4.78 is 5.11. The van der Waals surface area contributed by atoms with Gasteiger partial charge in [-0.05, 0) is 12.1 Å². The maximum absolute atomic E-state index is 11.8. The zero-order valence-corrected chi connectivity index (χ0v) is 12.8. The third-order valence-corrected chi connectivity index (χ3v) is 3.97. The second-order valence-corrected chi connectivity index (χ2v) is 5.46. The minimum absolute atomic E-state index is 0.00000953. The van der Waals surface area contributed by atoms with Gasteiger partial charge in [0, 0.05) is 11.6 Å². The molecule has 0 saturated carbocycles. The average Bonchev–Trinajstić information content (AvgIpc) is 2.58. The fraction of sp³-hybridized carbons (Fsp3) is 0.125. The van der Waals surface area contributed by atoms with Crippen molar-refractivity contribution in [1.29, 1.82) is 5.26 Å². The molecule has 0 aliphatic heterocycles. The molecule has 0 aliphatic rings. The van der Waals surface area contributed by atoms with E-state index in [1.807, 2.05) is 6.07 Å². The monoisotopic (exact) mass is 328 g/mol. The Balaban J connectivity index is 1.91. The van der Waals surface area contributed by atoms with Crippen LogP contribution in [-0.4, -0.2) is 16.6 Å². The van der Waals surface area contributed by atoms with Gasteiger partial charge in [0.2, 0.25) is 0 Å². The summed E-state index contributed by atoms with van der Waals surface area (Å²) in [5, 5.41) is 19.9. The van der Waals surface area contributed by atoms with Crippen molar-refractivity contribution >= 4 is 23.4 Å². The molecule has 0 bridgehead atoms. The molecule has 0 atom stereocenters. The Morgan fingerprint density at radius 3 is 2.65 bits per heavy atom. The third-order valence-electron chi connectivity index (χ3n) is 2.93. The van der Waals surface area contributed by atoms with E-state index in [9.17, 15) is 14.9 Å². The van der Waals surface area contributed by atoms with Crippen LogP contribution in [0.4, 0.5) is 5.69 Å². The van der Waals surface area contributed by atoms with Crippen LogP contribution in [-0.2, 0) is 16.1 Å². The maximum atomic E-state index is 11.8. The van der Waals surface area contributed by atoms with E-state index in [-0.39, 0.29) is 18.0 Å². The lowest BCUT2D eigenvalue weighted by Gasteiger charge is -2.06. The molecule has 6 nitrogen and oxygen atoms in total. The Kier molecular flexibility index (Phi) is 5.72. The lowest BCUT2D eigenvalue weighted by molar-refractivity contribution is -0.387. The molecular weight excluding hydrogens is 316 g/mol. The number of esters is 1. The number of hydrogen-bond donors (Lipinski definition) is 0. The summed E-state index contributed by atoms with van der Waals surface area (Å²) >= 11 is 1.05. The molecular formula is C16H12N2O4S. The number of nitriles is 1. The number of nitro benzene ring substituents is 1. The second kappa shape index (κ2) is 7.96. The Labute approximate surface area is 136 Å². The minimum atomic E-state index is -0.499. The van der Waals surface area contributed by atoms with Crippen LogP contribution in [0.15, 0.2) is 53.4 Å². The first-order valence-corrected chi connectivity index (χ1v) is 7.60. The summed E-state index contributed by atoms with van der Waals surface area (Å²) in [6.45, 7) is 0.00000953. The van der Waals surface area contributed by atoms with Gasteiger partial charge in [-0.25, -0.2) is 0 Å². The fourth-order valence-corrected chi connectivity index (χ4v) is 2.64. The van der Waals surface area contributed by atoms with Gasteiger partial charge in [-0.1, -0.05) is 30.3 Å². The van der Waals surface area contributed by atoms with E-state index in [0.29, 0.717) is 16.0 Å². The van der Waals surface area contributed by atoms with E-state index in [1.165, 1.54) is 6.07 Å². The van der Waals surface area contributed by atoms with E-state index in [2.05, 4.69) is 0 Å². The SMILES string of the molecule is N#Cc1ccccc1COC(=O)CSc1ccccc1[N+](=O)[O-]. The zero-order chi connectivity index (χ0) is 16.7. The number of nitro groups is 1. The van der Waals surface area contributed by atoms with Crippen LogP contribution < -0.4 is 0 Å². The first kappa shape index (κ1) is 16.5. The number of nitrogens with zero attached hydrogens (tertiary/aromatic N) is 2. The Morgan fingerprint density at radius 1 is 1.22 bits per heavy atom. The lowest BCUT2D eigenvalue weighted by atomic mass is 10.1. The van der Waals surface area contributed by atoms with Crippen LogP contribution in [0, 0.1) is 21.4 Å². The van der Waals surface area contributed by atoms with Gasteiger partial charge in [0.25, 0.3) is 5.69 Å². The summed E-state index contributed by atoms with van der Waals surface area (Å²) in [6, 6.07) is 15.1. The summed E-state index contributed by atoms with van der Waals surface area (Å²) in [4.78, 5) is 22.6. The molecule has 0 unspecified atom stereocenters. The largest absolute Gasteiger partial charge is 0.460 e. The van der Waals surface area contributed by atoms with Crippen molar-refractivity contribution in [1.82, 2.24) is 0 Å². The Bertz CT molecular complexity index is 771. The molecule has 2 rings (SSSR count). The number of thioether (sulfide) groups is 1. The number of benzene rings is 2. The molecule has 0 spiro atoms. The molecule has 0 N–H and O–H groups in total. The minimum Gasteiger partial charge on any atom is -0.460 e. The molecule has 0 fully saturated rings. The van der Waals surface area contributed by atoms with Gasteiger partial charge < -0.3 is 4.74 Å². The predicted molar refractivity (Wildman–Crippen MR) is 84.8 cm³/mol. The van der Waals surface area contributed by atoms with Crippen molar-refractivity contribution in [2.24, 2.45) is 0 Å². The molecule has 0 amide bonds. The number of rotatable bonds is 6. The van der Waals surface area contributed by atoms with Crippen molar-refractivity contribution < 1.29 is 14.5 Å². The van der Waals surface area contributed by atoms with Crippen LogP contribution in [0.25, 0.3) is 0 Å². The van der Waals surface area contributed by atoms with E-state index >= 15 is 0 Å². The molecule has 0 aromatic heterocycles. The van der Waals surface area contributed by atoms with Gasteiger partial charge in [0.1, 0.15) is 6.61 Å². The smallest absolute Gasteiger partial charge is 0.316 e. The van der Waals surface area contributed by atoms with Gasteiger partial charge in [-0.15, -0.1) is 11.8 Å². The van der Waals surface area contributed by atoms with Crippen LogP contribution in [0.1, 0.15) is 11.1 Å². The Hall–Kier alpha value is -2.85. The van der Waals surface area contributed by atoms with Gasteiger partial charge in [0.05, 0.1) is 27.2 Å². The lowest BCUT2D eigenvalue weighted by Crippen LogP contribution is -2.08. The number of carbonyl (C=O) groups excluding carboxylic acids is 1. The van der Waals surface area contributed by atoms with E-state index in [4.69, 9.17) is 10.00 Å². The fourth-order valence-electron chi connectivity index (χ4n) is 1.82. The van der Waals surface area contributed by atoms with Crippen LogP contribution in [0.3, 0.4) is 0 Å². The average molecular weight is 328 g/mol. The predicted octanol–water partition coefficient (Wildman–Crippen LogP) is 3.30. The van der Waals surface area contributed by atoms with Crippen molar-refractivity contribution in [3.63, 3.8) is 0 Å². The molecule has 2 aromatic carbocycles. The Morgan fingerprint density at radius 2 is 1.91 bits per heavy atom.